The van der Waals surface area contributed by atoms with Gasteiger partial charge in [0.1, 0.15) is 0 Å². The lowest BCUT2D eigenvalue weighted by atomic mass is 10.2. The molecule has 7 heteroatoms. The summed E-state index contributed by atoms with van der Waals surface area (Å²) in [5, 5.41) is 8.22. The number of rotatable bonds is 8. The Morgan fingerprint density at radius 1 is 1.24 bits per heavy atom. The Morgan fingerprint density at radius 3 is 2.68 bits per heavy atom. The van der Waals surface area contributed by atoms with E-state index < -0.39 is 0 Å². The second kappa shape index (κ2) is 9.56. The van der Waals surface area contributed by atoms with Gasteiger partial charge in [-0.3, -0.25) is 9.59 Å². The molecule has 0 aliphatic rings. The maximum atomic E-state index is 12.2. The van der Waals surface area contributed by atoms with Crippen LogP contribution in [0.25, 0.3) is 0 Å². The van der Waals surface area contributed by atoms with Crippen molar-refractivity contribution in [3.05, 3.63) is 51.7 Å². The van der Waals surface area contributed by atoms with Gasteiger partial charge >= 0.3 is 0 Å². The molecule has 25 heavy (non-hydrogen) atoms. The minimum absolute atomic E-state index is 0.0559. The van der Waals surface area contributed by atoms with Crippen molar-refractivity contribution in [3.8, 4) is 0 Å². The fourth-order valence-corrected chi connectivity index (χ4v) is 3.20. The molecule has 3 N–H and O–H groups in total. The molecular weight excluding hydrogens is 358 g/mol. The zero-order valence-electron chi connectivity index (χ0n) is 14.3. The lowest BCUT2D eigenvalue weighted by Crippen LogP contribution is -3.15. The average molecular weight is 381 g/mol. The van der Waals surface area contributed by atoms with Gasteiger partial charge in [0.25, 0.3) is 11.8 Å². The zero-order valence-corrected chi connectivity index (χ0v) is 15.9. The maximum Gasteiger partial charge on any atom is 0.279 e. The molecule has 0 aliphatic heterocycles. The number of anilines is 1. The first-order valence-corrected chi connectivity index (χ1v) is 9.40. The van der Waals surface area contributed by atoms with Crippen LogP contribution < -0.4 is 15.5 Å². The topological polar surface area (TPSA) is 62.6 Å². The molecule has 1 heterocycles. The number of amides is 2. The summed E-state index contributed by atoms with van der Waals surface area (Å²) in [6.07, 6.45) is 0.822. The highest BCUT2D eigenvalue weighted by Gasteiger charge is 2.23. The van der Waals surface area contributed by atoms with Crippen molar-refractivity contribution >= 4 is 40.4 Å². The number of quaternary nitrogens is 1. The number of para-hydroxylation sites is 1. The predicted molar refractivity (Wildman–Crippen MR) is 102 cm³/mol. The zero-order chi connectivity index (χ0) is 18.2. The molecule has 0 spiro atoms. The summed E-state index contributed by atoms with van der Waals surface area (Å²) in [7, 11) is 1.83. The second-order valence-corrected chi connectivity index (χ2v) is 7.33. The van der Waals surface area contributed by atoms with Crippen LogP contribution in [0.3, 0.4) is 0 Å². The highest BCUT2D eigenvalue weighted by atomic mass is 35.5. The molecule has 2 aromatic rings. The third-order valence-electron chi connectivity index (χ3n) is 3.97. The molecule has 1 unspecified atom stereocenters. The Morgan fingerprint density at radius 2 is 2.00 bits per heavy atom. The Labute approximate surface area is 157 Å². The number of thiophene rings is 1. The molecule has 0 radical (unpaired) electrons. The van der Waals surface area contributed by atoms with E-state index in [4.69, 9.17) is 11.6 Å². The smallest absolute Gasteiger partial charge is 0.279 e. The fourth-order valence-electron chi connectivity index (χ4n) is 2.30. The molecule has 1 aromatic heterocycles. The summed E-state index contributed by atoms with van der Waals surface area (Å²) in [5.41, 5.74) is 0.579. The van der Waals surface area contributed by atoms with Crippen molar-refractivity contribution < 1.29 is 14.5 Å². The summed E-state index contributed by atoms with van der Waals surface area (Å²) in [6, 6.07) is 10.8. The SMILES string of the molecule is C[C@@H](C(=O)NCCc1cccs1)[NH+](C)CC(=O)Nc1ccccc1Cl. The first kappa shape index (κ1) is 19.4. The summed E-state index contributed by atoms with van der Waals surface area (Å²) in [5.74, 6) is -0.233. The standard InChI is InChI=1S/C18H22ClN3O2S/c1-13(18(24)20-10-9-14-6-5-11-25-14)22(2)12-17(23)21-16-8-4-3-7-15(16)19/h3-8,11,13H,9-10,12H2,1-2H3,(H,20,24)(H,21,23)/p+1/t13-/m0/s1. The number of carbonyl (C=O) groups is 2. The average Bonchev–Trinajstić information content (AvgIpc) is 3.09. The third-order valence-corrected chi connectivity index (χ3v) is 5.24. The first-order chi connectivity index (χ1) is 12.0. The number of nitrogens with one attached hydrogen (secondary N) is 3. The number of hydrogen-bond donors (Lipinski definition) is 3. The van der Waals surface area contributed by atoms with E-state index in [9.17, 15) is 9.59 Å². The van der Waals surface area contributed by atoms with Crippen molar-refractivity contribution in [2.45, 2.75) is 19.4 Å². The van der Waals surface area contributed by atoms with Crippen LogP contribution in [0.4, 0.5) is 5.69 Å². The summed E-state index contributed by atoms with van der Waals surface area (Å²) < 4.78 is 0. The van der Waals surface area contributed by atoms with E-state index in [0.29, 0.717) is 17.3 Å². The van der Waals surface area contributed by atoms with E-state index in [2.05, 4.69) is 16.7 Å². The predicted octanol–water partition coefficient (Wildman–Crippen LogP) is 1.60. The van der Waals surface area contributed by atoms with Crippen molar-refractivity contribution in [3.63, 3.8) is 0 Å². The fraction of sp³-hybridized carbons (Fsp3) is 0.333. The van der Waals surface area contributed by atoms with Crippen molar-refractivity contribution in [1.82, 2.24) is 5.32 Å². The monoisotopic (exact) mass is 380 g/mol. The Kier molecular flexibility index (Phi) is 7.43. The molecule has 0 aliphatic carbocycles. The number of likely N-dealkylation sites (N-methyl/N-ethyl adjacent to an activating group) is 1. The Balaban J connectivity index is 1.76. The van der Waals surface area contributed by atoms with Gasteiger partial charge in [0.2, 0.25) is 0 Å². The van der Waals surface area contributed by atoms with Crippen molar-refractivity contribution in [2.75, 3.05) is 25.5 Å². The maximum absolute atomic E-state index is 12.2. The molecule has 2 atom stereocenters. The van der Waals surface area contributed by atoms with E-state index >= 15 is 0 Å². The minimum Gasteiger partial charge on any atom is -0.351 e. The molecule has 0 bridgehead atoms. The number of benzene rings is 1. The minimum atomic E-state index is -0.319. The molecule has 1 aromatic carbocycles. The third kappa shape index (κ3) is 6.16. The van der Waals surface area contributed by atoms with Gasteiger partial charge in [0.15, 0.2) is 12.6 Å². The molecule has 0 saturated carbocycles. The summed E-state index contributed by atoms with van der Waals surface area (Å²) in [6.45, 7) is 2.60. The van der Waals surface area contributed by atoms with Crippen LogP contribution in [0.5, 0.6) is 0 Å². The lowest BCUT2D eigenvalue weighted by Gasteiger charge is -2.20. The van der Waals surface area contributed by atoms with Gasteiger partial charge in [-0.05, 0) is 36.9 Å². The van der Waals surface area contributed by atoms with Crippen LogP contribution in [0.2, 0.25) is 5.02 Å². The highest BCUT2D eigenvalue weighted by molar-refractivity contribution is 7.09. The Bertz CT molecular complexity index is 706. The first-order valence-electron chi connectivity index (χ1n) is 8.14. The van der Waals surface area contributed by atoms with Crippen LogP contribution in [0.15, 0.2) is 41.8 Å². The van der Waals surface area contributed by atoms with Gasteiger partial charge in [0.05, 0.1) is 17.8 Å². The lowest BCUT2D eigenvalue weighted by molar-refractivity contribution is -0.885. The number of halogens is 1. The molecule has 2 rings (SSSR count). The van der Waals surface area contributed by atoms with Crippen LogP contribution in [-0.2, 0) is 16.0 Å². The van der Waals surface area contributed by atoms with Crippen LogP contribution in [0.1, 0.15) is 11.8 Å². The number of carbonyl (C=O) groups excluding carboxylic acids is 2. The summed E-state index contributed by atoms with van der Waals surface area (Å²) in [4.78, 5) is 26.4. The van der Waals surface area contributed by atoms with Crippen LogP contribution >= 0.6 is 22.9 Å². The normalized spacial score (nSPS) is 13.1. The number of hydrogen-bond acceptors (Lipinski definition) is 3. The van der Waals surface area contributed by atoms with E-state index in [-0.39, 0.29) is 24.4 Å². The molecule has 5 nitrogen and oxygen atoms in total. The highest BCUT2D eigenvalue weighted by Crippen LogP contribution is 2.19. The van der Waals surface area contributed by atoms with Crippen molar-refractivity contribution in [1.29, 1.82) is 0 Å². The van der Waals surface area contributed by atoms with Gasteiger partial charge in [-0.2, -0.15) is 0 Å². The molecule has 0 fully saturated rings. The molecule has 134 valence electrons. The van der Waals surface area contributed by atoms with E-state index in [1.165, 1.54) is 4.88 Å². The quantitative estimate of drug-likeness (QED) is 0.651. The van der Waals surface area contributed by atoms with Gasteiger partial charge < -0.3 is 15.5 Å². The van der Waals surface area contributed by atoms with E-state index in [0.717, 1.165) is 11.3 Å². The van der Waals surface area contributed by atoms with Gasteiger partial charge in [-0.15, -0.1) is 11.3 Å². The van der Waals surface area contributed by atoms with Crippen LogP contribution in [-0.4, -0.2) is 38.0 Å². The largest absolute Gasteiger partial charge is 0.351 e. The van der Waals surface area contributed by atoms with E-state index in [1.54, 1.807) is 29.5 Å². The molecule has 0 saturated heterocycles. The molecular formula is C18H23ClN3O2S+. The Hall–Kier alpha value is -1.89. The van der Waals surface area contributed by atoms with Crippen LogP contribution in [0, 0.1) is 0 Å². The van der Waals surface area contributed by atoms with Crippen molar-refractivity contribution in [2.24, 2.45) is 0 Å². The van der Waals surface area contributed by atoms with Gasteiger partial charge in [0, 0.05) is 11.4 Å². The van der Waals surface area contributed by atoms with E-state index in [1.807, 2.05) is 31.5 Å². The second-order valence-electron chi connectivity index (χ2n) is 5.89. The molecule has 2 amide bonds. The summed E-state index contributed by atoms with van der Waals surface area (Å²) >= 11 is 7.71. The van der Waals surface area contributed by atoms with Gasteiger partial charge in [-0.1, -0.05) is 29.8 Å². The van der Waals surface area contributed by atoms with Gasteiger partial charge in [-0.25, -0.2) is 0 Å².